The minimum absolute atomic E-state index is 0.225. The van der Waals surface area contributed by atoms with Gasteiger partial charge in [0.2, 0.25) is 0 Å². The van der Waals surface area contributed by atoms with Gasteiger partial charge in [-0.25, -0.2) is 0 Å². The van der Waals surface area contributed by atoms with Crippen molar-refractivity contribution in [2.75, 3.05) is 13.2 Å². The summed E-state index contributed by atoms with van der Waals surface area (Å²) in [5.41, 5.74) is 5.15. The van der Waals surface area contributed by atoms with Crippen LogP contribution >= 0.6 is 0 Å². The highest BCUT2D eigenvalue weighted by atomic mass is 16.5. The summed E-state index contributed by atoms with van der Waals surface area (Å²) in [6.45, 7) is 8.28. The summed E-state index contributed by atoms with van der Waals surface area (Å²) in [4.78, 5) is 12.1. The zero-order valence-electron chi connectivity index (χ0n) is 11.5. The van der Waals surface area contributed by atoms with Gasteiger partial charge >= 0.3 is 5.97 Å². The van der Waals surface area contributed by atoms with Crippen LogP contribution in [0.3, 0.4) is 0 Å². The topological polar surface area (TPSA) is 72.5 Å². The lowest BCUT2D eigenvalue weighted by Gasteiger charge is -2.32. The summed E-state index contributed by atoms with van der Waals surface area (Å²) in [6.07, 6.45) is 1.44. The number of esters is 1. The third-order valence-corrected chi connectivity index (χ3v) is 2.94. The fourth-order valence-electron chi connectivity index (χ4n) is 2.11. The molecule has 0 saturated heterocycles. The lowest BCUT2D eigenvalue weighted by molar-refractivity contribution is -0.156. The van der Waals surface area contributed by atoms with Gasteiger partial charge in [0, 0.05) is 6.54 Å². The quantitative estimate of drug-likeness (QED) is 0.638. The fourth-order valence-corrected chi connectivity index (χ4v) is 2.11. The molecule has 4 nitrogen and oxygen atoms in total. The van der Waals surface area contributed by atoms with Gasteiger partial charge in [-0.3, -0.25) is 4.79 Å². The Kier molecular flexibility index (Phi) is 7.39. The van der Waals surface area contributed by atoms with E-state index in [4.69, 9.17) is 10.5 Å². The van der Waals surface area contributed by atoms with Gasteiger partial charge in [0.1, 0.15) is 0 Å². The smallest absolute Gasteiger partial charge is 0.313 e. The summed E-state index contributed by atoms with van der Waals surface area (Å²) in [5.74, 6) is 0.147. The molecule has 102 valence electrons. The first-order valence-electron chi connectivity index (χ1n) is 6.43. The van der Waals surface area contributed by atoms with E-state index in [1.165, 1.54) is 0 Å². The van der Waals surface area contributed by atoms with Crippen LogP contribution in [0.25, 0.3) is 0 Å². The number of aliphatic hydroxyl groups is 1. The Balaban J connectivity index is 4.79. The van der Waals surface area contributed by atoms with E-state index in [1.807, 2.05) is 0 Å². The standard InChI is InChI=1S/C13H27NO3/c1-5-17-12(16)13(9-14,8-10(2)3)7-6-11(4)15/h10-11,15H,5-9,14H2,1-4H3. The second-order valence-electron chi connectivity index (χ2n) is 5.19. The maximum atomic E-state index is 12.1. The number of carbonyl (C=O) groups excluding carboxylic acids is 1. The van der Waals surface area contributed by atoms with Crippen LogP contribution in [-0.4, -0.2) is 30.3 Å². The van der Waals surface area contributed by atoms with Crippen LogP contribution < -0.4 is 5.73 Å². The van der Waals surface area contributed by atoms with Gasteiger partial charge in [-0.1, -0.05) is 13.8 Å². The average Bonchev–Trinajstić information content (AvgIpc) is 2.23. The number of ether oxygens (including phenoxy) is 1. The van der Waals surface area contributed by atoms with Crippen molar-refractivity contribution in [3.8, 4) is 0 Å². The molecule has 0 aromatic heterocycles. The minimum Gasteiger partial charge on any atom is -0.466 e. The molecule has 0 saturated carbocycles. The summed E-state index contributed by atoms with van der Waals surface area (Å²) in [7, 11) is 0. The molecule has 0 aliphatic rings. The molecule has 0 fully saturated rings. The fraction of sp³-hybridized carbons (Fsp3) is 0.923. The van der Waals surface area contributed by atoms with Crippen molar-refractivity contribution in [3.05, 3.63) is 0 Å². The zero-order chi connectivity index (χ0) is 13.5. The molecule has 0 rings (SSSR count). The van der Waals surface area contributed by atoms with E-state index in [9.17, 15) is 9.90 Å². The van der Waals surface area contributed by atoms with Crippen molar-refractivity contribution in [3.63, 3.8) is 0 Å². The molecule has 2 atom stereocenters. The van der Waals surface area contributed by atoms with Crippen molar-refractivity contribution >= 4 is 5.97 Å². The molecule has 0 aromatic carbocycles. The molecule has 0 heterocycles. The van der Waals surface area contributed by atoms with Crippen LogP contribution in [0, 0.1) is 11.3 Å². The maximum Gasteiger partial charge on any atom is 0.313 e. The number of hydrogen-bond donors (Lipinski definition) is 2. The molecule has 0 aliphatic carbocycles. The second kappa shape index (κ2) is 7.67. The highest BCUT2D eigenvalue weighted by molar-refractivity contribution is 5.77. The molecule has 4 heteroatoms. The predicted molar refractivity (Wildman–Crippen MR) is 68.5 cm³/mol. The first kappa shape index (κ1) is 16.4. The van der Waals surface area contributed by atoms with E-state index in [1.54, 1.807) is 13.8 Å². The van der Waals surface area contributed by atoms with Crippen LogP contribution in [0.15, 0.2) is 0 Å². The monoisotopic (exact) mass is 245 g/mol. The van der Waals surface area contributed by atoms with E-state index in [2.05, 4.69) is 13.8 Å². The van der Waals surface area contributed by atoms with Crippen molar-refractivity contribution in [2.24, 2.45) is 17.1 Å². The SMILES string of the molecule is CCOC(=O)C(CN)(CCC(C)O)CC(C)C. The van der Waals surface area contributed by atoms with Crippen LogP contribution in [0.1, 0.15) is 47.0 Å². The Morgan fingerprint density at radius 3 is 2.35 bits per heavy atom. The molecular weight excluding hydrogens is 218 g/mol. The molecule has 0 bridgehead atoms. The van der Waals surface area contributed by atoms with Gasteiger partial charge in [-0.15, -0.1) is 0 Å². The van der Waals surface area contributed by atoms with E-state index >= 15 is 0 Å². The van der Waals surface area contributed by atoms with Gasteiger partial charge in [-0.2, -0.15) is 0 Å². The molecular formula is C13H27NO3. The van der Waals surface area contributed by atoms with Gasteiger partial charge in [-0.05, 0) is 39.0 Å². The Labute approximate surface area is 105 Å². The minimum atomic E-state index is -0.638. The molecule has 2 unspecified atom stereocenters. The van der Waals surface area contributed by atoms with Gasteiger partial charge < -0.3 is 15.6 Å². The second-order valence-corrected chi connectivity index (χ2v) is 5.19. The van der Waals surface area contributed by atoms with Gasteiger partial charge in [0.15, 0.2) is 0 Å². The summed E-state index contributed by atoms with van der Waals surface area (Å²) in [6, 6.07) is 0. The van der Waals surface area contributed by atoms with Crippen LogP contribution in [-0.2, 0) is 9.53 Å². The number of nitrogens with two attached hydrogens (primary N) is 1. The molecule has 3 N–H and O–H groups in total. The molecule has 0 aromatic rings. The Bertz CT molecular complexity index is 229. The normalized spacial score (nSPS) is 16.6. The number of carbonyl (C=O) groups is 1. The largest absolute Gasteiger partial charge is 0.466 e. The number of aliphatic hydroxyl groups excluding tert-OH is 1. The Morgan fingerprint density at radius 1 is 1.41 bits per heavy atom. The lowest BCUT2D eigenvalue weighted by atomic mass is 9.76. The highest BCUT2D eigenvalue weighted by Crippen LogP contribution is 2.33. The van der Waals surface area contributed by atoms with Crippen molar-refractivity contribution < 1.29 is 14.6 Å². The van der Waals surface area contributed by atoms with E-state index in [0.29, 0.717) is 31.8 Å². The van der Waals surface area contributed by atoms with E-state index in [-0.39, 0.29) is 12.5 Å². The van der Waals surface area contributed by atoms with Gasteiger partial charge in [0.25, 0.3) is 0 Å². The number of rotatable bonds is 8. The molecule has 0 radical (unpaired) electrons. The molecule has 0 spiro atoms. The molecule has 0 aliphatic heterocycles. The van der Waals surface area contributed by atoms with Crippen molar-refractivity contribution in [1.29, 1.82) is 0 Å². The van der Waals surface area contributed by atoms with Crippen LogP contribution in [0.2, 0.25) is 0 Å². The Morgan fingerprint density at radius 2 is 2.00 bits per heavy atom. The van der Waals surface area contributed by atoms with Gasteiger partial charge in [0.05, 0.1) is 18.1 Å². The maximum absolute atomic E-state index is 12.1. The van der Waals surface area contributed by atoms with Crippen molar-refractivity contribution in [1.82, 2.24) is 0 Å². The third-order valence-electron chi connectivity index (χ3n) is 2.94. The Hall–Kier alpha value is -0.610. The highest BCUT2D eigenvalue weighted by Gasteiger charge is 2.38. The number of hydrogen-bond acceptors (Lipinski definition) is 4. The average molecular weight is 245 g/mol. The third kappa shape index (κ3) is 5.50. The van der Waals surface area contributed by atoms with E-state index in [0.717, 1.165) is 0 Å². The van der Waals surface area contributed by atoms with Crippen LogP contribution in [0.5, 0.6) is 0 Å². The lowest BCUT2D eigenvalue weighted by Crippen LogP contribution is -2.41. The molecule has 0 amide bonds. The molecule has 17 heavy (non-hydrogen) atoms. The summed E-state index contributed by atoms with van der Waals surface area (Å²) < 4.78 is 5.13. The predicted octanol–water partition coefficient (Wildman–Crippen LogP) is 1.70. The summed E-state index contributed by atoms with van der Waals surface area (Å²) in [5, 5.41) is 9.36. The summed E-state index contributed by atoms with van der Waals surface area (Å²) >= 11 is 0. The first-order valence-corrected chi connectivity index (χ1v) is 6.43. The first-order chi connectivity index (χ1) is 7.88. The van der Waals surface area contributed by atoms with E-state index < -0.39 is 11.5 Å². The van der Waals surface area contributed by atoms with Crippen molar-refractivity contribution in [2.45, 2.75) is 53.1 Å². The zero-order valence-corrected chi connectivity index (χ0v) is 11.5. The van der Waals surface area contributed by atoms with Crippen LogP contribution in [0.4, 0.5) is 0 Å².